The van der Waals surface area contributed by atoms with E-state index in [0.717, 1.165) is 11.1 Å². The zero-order valence-electron chi connectivity index (χ0n) is 10.6. The van der Waals surface area contributed by atoms with Crippen molar-refractivity contribution < 1.29 is 9.47 Å². The van der Waals surface area contributed by atoms with Crippen molar-refractivity contribution in [3.05, 3.63) is 29.5 Å². The van der Waals surface area contributed by atoms with E-state index in [2.05, 4.69) is 4.99 Å². The predicted octanol–water partition coefficient (Wildman–Crippen LogP) is 2.57. The van der Waals surface area contributed by atoms with Gasteiger partial charge in [0.25, 0.3) is 0 Å². The number of fused-ring (bicyclic) bond motifs is 1. The molecule has 2 N–H and O–H groups in total. The predicted molar refractivity (Wildman–Crippen MR) is 75.9 cm³/mol. The second-order valence-electron chi connectivity index (χ2n) is 3.93. The number of aliphatic imine (C=N–C) groups is 1. The molecule has 5 heteroatoms. The minimum Gasteiger partial charge on any atom is -0.493 e. The van der Waals surface area contributed by atoms with Crippen LogP contribution in [-0.2, 0) is 0 Å². The number of hydrogen-bond donors (Lipinski definition) is 1. The van der Waals surface area contributed by atoms with E-state index in [-0.39, 0.29) is 18.3 Å². The molecule has 0 spiro atoms. The number of hydrogen-bond acceptors (Lipinski definition) is 4. The molecule has 0 amide bonds. The van der Waals surface area contributed by atoms with E-state index in [9.17, 15) is 0 Å². The quantitative estimate of drug-likeness (QED) is 0.897. The lowest BCUT2D eigenvalue weighted by Crippen LogP contribution is -2.19. The highest BCUT2D eigenvalue weighted by atomic mass is 35.5. The van der Waals surface area contributed by atoms with Gasteiger partial charge < -0.3 is 15.2 Å². The third-order valence-corrected chi connectivity index (χ3v) is 2.98. The molecule has 0 bridgehead atoms. The number of ether oxygens (including phenoxy) is 2. The van der Waals surface area contributed by atoms with Crippen molar-refractivity contribution >= 4 is 24.3 Å². The maximum absolute atomic E-state index is 5.88. The molecule has 0 fully saturated rings. The Morgan fingerprint density at radius 3 is 2.39 bits per heavy atom. The first-order valence-electron chi connectivity index (χ1n) is 5.43. The summed E-state index contributed by atoms with van der Waals surface area (Å²) in [7, 11) is 3.25. The van der Waals surface area contributed by atoms with Gasteiger partial charge in [0.2, 0.25) is 0 Å². The standard InChI is InChI=1S/C13H16N2O2.ClH/c1-8-10-7-12(17-3)11(16-2)6-9(10)4-5-15-13(8)14;/h4-8H,1-3H3,(H2,14,15);1H. The van der Waals surface area contributed by atoms with Gasteiger partial charge in [0.05, 0.1) is 14.2 Å². The summed E-state index contributed by atoms with van der Waals surface area (Å²) in [6.07, 6.45) is 3.64. The van der Waals surface area contributed by atoms with Gasteiger partial charge in [0, 0.05) is 12.1 Å². The van der Waals surface area contributed by atoms with Crippen LogP contribution in [0.15, 0.2) is 23.3 Å². The van der Waals surface area contributed by atoms with Gasteiger partial charge >= 0.3 is 0 Å². The molecule has 1 atom stereocenters. The van der Waals surface area contributed by atoms with E-state index in [1.807, 2.05) is 25.1 Å². The van der Waals surface area contributed by atoms with Crippen LogP contribution < -0.4 is 15.2 Å². The summed E-state index contributed by atoms with van der Waals surface area (Å²) < 4.78 is 10.6. The fraction of sp³-hybridized carbons (Fsp3) is 0.308. The molecular formula is C13H17ClN2O2. The van der Waals surface area contributed by atoms with E-state index in [1.165, 1.54) is 0 Å². The molecular weight excluding hydrogens is 252 g/mol. The first-order chi connectivity index (χ1) is 8.17. The highest BCUT2D eigenvalue weighted by Gasteiger charge is 2.18. The number of rotatable bonds is 2. The Hall–Kier alpha value is -1.68. The van der Waals surface area contributed by atoms with E-state index >= 15 is 0 Å². The maximum atomic E-state index is 5.88. The normalized spacial score (nSPS) is 17.1. The summed E-state index contributed by atoms with van der Waals surface area (Å²) in [5.41, 5.74) is 8.03. The van der Waals surface area contributed by atoms with Gasteiger partial charge in [0.1, 0.15) is 5.84 Å². The summed E-state index contributed by atoms with van der Waals surface area (Å²) >= 11 is 0. The van der Waals surface area contributed by atoms with Crippen molar-refractivity contribution in [2.24, 2.45) is 10.7 Å². The Morgan fingerprint density at radius 2 is 1.78 bits per heavy atom. The number of benzene rings is 1. The van der Waals surface area contributed by atoms with Gasteiger partial charge in [-0.3, -0.25) is 0 Å². The van der Waals surface area contributed by atoms with E-state index in [1.54, 1.807) is 20.4 Å². The Labute approximate surface area is 113 Å². The van der Waals surface area contributed by atoms with Gasteiger partial charge in [-0.05, 0) is 29.3 Å². The lowest BCUT2D eigenvalue weighted by molar-refractivity contribution is 0.354. The average Bonchev–Trinajstić information content (AvgIpc) is 2.48. The maximum Gasteiger partial charge on any atom is 0.161 e. The second-order valence-corrected chi connectivity index (χ2v) is 3.93. The summed E-state index contributed by atoms with van der Waals surface area (Å²) in [6.45, 7) is 2.02. The van der Waals surface area contributed by atoms with Crippen molar-refractivity contribution in [2.75, 3.05) is 14.2 Å². The lowest BCUT2D eigenvalue weighted by atomic mass is 9.94. The molecule has 2 rings (SSSR count). The van der Waals surface area contributed by atoms with Crippen LogP contribution in [-0.4, -0.2) is 20.1 Å². The molecule has 0 saturated carbocycles. The van der Waals surface area contributed by atoms with E-state index in [0.29, 0.717) is 17.3 Å². The summed E-state index contributed by atoms with van der Waals surface area (Å²) in [5, 5.41) is 0. The Bertz CT molecular complexity index is 498. The van der Waals surface area contributed by atoms with Crippen LogP contribution in [0.3, 0.4) is 0 Å². The van der Waals surface area contributed by atoms with Crippen molar-refractivity contribution in [3.63, 3.8) is 0 Å². The molecule has 0 aliphatic carbocycles. The first kappa shape index (κ1) is 14.4. The molecule has 4 nitrogen and oxygen atoms in total. The Morgan fingerprint density at radius 1 is 1.17 bits per heavy atom. The fourth-order valence-electron chi connectivity index (χ4n) is 1.90. The number of nitrogens with zero attached hydrogens (tertiary/aromatic N) is 1. The first-order valence-corrected chi connectivity index (χ1v) is 5.43. The van der Waals surface area contributed by atoms with Crippen LogP contribution in [0.5, 0.6) is 11.5 Å². The van der Waals surface area contributed by atoms with E-state index < -0.39 is 0 Å². The minimum absolute atomic E-state index is 0. The van der Waals surface area contributed by atoms with Crippen molar-refractivity contribution in [1.29, 1.82) is 0 Å². The van der Waals surface area contributed by atoms with E-state index in [4.69, 9.17) is 15.2 Å². The van der Waals surface area contributed by atoms with Crippen LogP contribution in [0.25, 0.3) is 6.08 Å². The minimum atomic E-state index is 0. The molecule has 1 aliphatic rings. The van der Waals surface area contributed by atoms with Gasteiger partial charge in [0.15, 0.2) is 11.5 Å². The highest BCUT2D eigenvalue weighted by molar-refractivity contribution is 5.90. The van der Waals surface area contributed by atoms with Crippen LogP contribution in [0.1, 0.15) is 24.0 Å². The molecule has 1 aromatic rings. The summed E-state index contributed by atoms with van der Waals surface area (Å²) in [6, 6.07) is 3.90. The van der Waals surface area contributed by atoms with Gasteiger partial charge in [-0.15, -0.1) is 12.4 Å². The fourth-order valence-corrected chi connectivity index (χ4v) is 1.90. The smallest absolute Gasteiger partial charge is 0.161 e. The van der Waals surface area contributed by atoms with Crippen LogP contribution in [0.2, 0.25) is 0 Å². The summed E-state index contributed by atoms with van der Waals surface area (Å²) in [4.78, 5) is 4.16. The number of halogens is 1. The zero-order valence-corrected chi connectivity index (χ0v) is 11.5. The number of nitrogens with two attached hydrogens (primary N) is 1. The van der Waals surface area contributed by atoms with Crippen LogP contribution in [0.4, 0.5) is 0 Å². The van der Waals surface area contributed by atoms with Crippen LogP contribution >= 0.6 is 12.4 Å². The molecule has 1 aliphatic heterocycles. The molecule has 0 radical (unpaired) electrons. The van der Waals surface area contributed by atoms with Crippen LogP contribution in [0, 0.1) is 0 Å². The SMILES string of the molecule is COc1cc2c(cc1OC)C(C)C(N)=NC=C2.Cl. The summed E-state index contributed by atoms with van der Waals surface area (Å²) in [5.74, 6) is 2.09. The molecule has 18 heavy (non-hydrogen) atoms. The molecule has 98 valence electrons. The zero-order chi connectivity index (χ0) is 12.4. The van der Waals surface area contributed by atoms with Crippen molar-refractivity contribution in [2.45, 2.75) is 12.8 Å². The van der Waals surface area contributed by atoms with Crippen molar-refractivity contribution in [1.82, 2.24) is 0 Å². The molecule has 1 aromatic carbocycles. The highest BCUT2D eigenvalue weighted by Crippen LogP contribution is 2.35. The van der Waals surface area contributed by atoms with Crippen molar-refractivity contribution in [3.8, 4) is 11.5 Å². The molecule has 1 unspecified atom stereocenters. The second kappa shape index (κ2) is 5.78. The Balaban J connectivity index is 0.00000162. The largest absolute Gasteiger partial charge is 0.493 e. The topological polar surface area (TPSA) is 56.8 Å². The lowest BCUT2D eigenvalue weighted by Gasteiger charge is -2.16. The number of amidine groups is 1. The molecule has 1 heterocycles. The number of methoxy groups -OCH3 is 2. The third-order valence-electron chi connectivity index (χ3n) is 2.98. The average molecular weight is 269 g/mol. The molecule has 0 saturated heterocycles. The Kier molecular flexibility index (Phi) is 4.62. The van der Waals surface area contributed by atoms with Gasteiger partial charge in [-0.25, -0.2) is 4.99 Å². The monoisotopic (exact) mass is 268 g/mol. The van der Waals surface area contributed by atoms with Gasteiger partial charge in [-0.1, -0.05) is 6.92 Å². The van der Waals surface area contributed by atoms with Gasteiger partial charge in [-0.2, -0.15) is 0 Å². The molecule has 0 aromatic heterocycles. The third kappa shape index (κ3) is 2.43.